The van der Waals surface area contributed by atoms with E-state index in [1.165, 1.54) is 0 Å². The predicted molar refractivity (Wildman–Crippen MR) is 78.3 cm³/mol. The van der Waals surface area contributed by atoms with E-state index >= 15 is 0 Å². The molecule has 4 heteroatoms. The number of nitrogen functional groups attached to an aromatic ring is 1. The van der Waals surface area contributed by atoms with E-state index in [0.29, 0.717) is 18.3 Å². The molecule has 0 aliphatic carbocycles. The predicted octanol–water partition coefficient (Wildman–Crippen LogP) is 3.19. The lowest BCUT2D eigenvalue weighted by molar-refractivity contribution is 0.341. The van der Waals surface area contributed by atoms with E-state index in [0.717, 1.165) is 22.8 Å². The molecule has 0 saturated carbocycles. The van der Waals surface area contributed by atoms with E-state index in [1.54, 1.807) is 0 Å². The molecule has 0 amide bonds. The number of anilines is 1. The number of benzene rings is 1. The minimum absolute atomic E-state index is 0.334. The SMILES string of the molecule is CCOc1ccccc1-c1nc(C(C)C)n(C)c1N. The highest BCUT2D eigenvalue weighted by atomic mass is 16.5. The monoisotopic (exact) mass is 259 g/mol. The fourth-order valence-electron chi connectivity index (χ4n) is 2.19. The largest absolute Gasteiger partial charge is 0.493 e. The minimum Gasteiger partial charge on any atom is -0.493 e. The Morgan fingerprint density at radius 1 is 1.32 bits per heavy atom. The number of aromatic nitrogens is 2. The minimum atomic E-state index is 0.334. The lowest BCUT2D eigenvalue weighted by Gasteiger charge is -2.08. The summed E-state index contributed by atoms with van der Waals surface area (Å²) in [5.41, 5.74) is 7.93. The second kappa shape index (κ2) is 5.34. The number of para-hydroxylation sites is 1. The van der Waals surface area contributed by atoms with Gasteiger partial charge in [0, 0.05) is 18.5 Å². The van der Waals surface area contributed by atoms with Crippen molar-refractivity contribution in [1.29, 1.82) is 0 Å². The number of imidazole rings is 1. The summed E-state index contributed by atoms with van der Waals surface area (Å²) in [6.07, 6.45) is 0. The Morgan fingerprint density at radius 3 is 2.58 bits per heavy atom. The third-order valence-electron chi connectivity index (χ3n) is 3.13. The number of hydrogen-bond donors (Lipinski definition) is 1. The van der Waals surface area contributed by atoms with Crippen molar-refractivity contribution in [1.82, 2.24) is 9.55 Å². The molecule has 1 aromatic carbocycles. The third-order valence-corrected chi connectivity index (χ3v) is 3.13. The highest BCUT2D eigenvalue weighted by Crippen LogP contribution is 2.34. The average Bonchev–Trinajstić information content (AvgIpc) is 2.68. The highest BCUT2D eigenvalue weighted by Gasteiger charge is 2.18. The van der Waals surface area contributed by atoms with Crippen molar-refractivity contribution in [3.05, 3.63) is 30.1 Å². The summed E-state index contributed by atoms with van der Waals surface area (Å²) >= 11 is 0. The van der Waals surface area contributed by atoms with Gasteiger partial charge in [0.2, 0.25) is 0 Å². The molecular weight excluding hydrogens is 238 g/mol. The van der Waals surface area contributed by atoms with E-state index in [-0.39, 0.29) is 0 Å². The molecule has 0 unspecified atom stereocenters. The lowest BCUT2D eigenvalue weighted by atomic mass is 10.1. The molecule has 2 aromatic rings. The Kier molecular flexibility index (Phi) is 3.79. The van der Waals surface area contributed by atoms with Crippen LogP contribution in [0.1, 0.15) is 32.5 Å². The van der Waals surface area contributed by atoms with Crippen molar-refractivity contribution >= 4 is 5.82 Å². The van der Waals surface area contributed by atoms with Crippen molar-refractivity contribution in [2.45, 2.75) is 26.7 Å². The van der Waals surface area contributed by atoms with Crippen LogP contribution >= 0.6 is 0 Å². The first-order valence-corrected chi connectivity index (χ1v) is 6.60. The maximum absolute atomic E-state index is 6.18. The first kappa shape index (κ1) is 13.5. The van der Waals surface area contributed by atoms with Gasteiger partial charge in [-0.05, 0) is 19.1 Å². The van der Waals surface area contributed by atoms with Gasteiger partial charge in [-0.1, -0.05) is 26.0 Å². The van der Waals surface area contributed by atoms with Crippen molar-refractivity contribution in [3.63, 3.8) is 0 Å². The van der Waals surface area contributed by atoms with Crippen LogP contribution in [0.25, 0.3) is 11.3 Å². The topological polar surface area (TPSA) is 53.1 Å². The number of nitrogens with zero attached hydrogens (tertiary/aromatic N) is 2. The Balaban J connectivity index is 2.56. The van der Waals surface area contributed by atoms with E-state index in [9.17, 15) is 0 Å². The molecule has 1 heterocycles. The number of rotatable bonds is 4. The van der Waals surface area contributed by atoms with Crippen molar-refractivity contribution in [2.24, 2.45) is 7.05 Å². The van der Waals surface area contributed by atoms with Crippen molar-refractivity contribution < 1.29 is 4.74 Å². The van der Waals surface area contributed by atoms with Crippen LogP contribution in [-0.4, -0.2) is 16.2 Å². The van der Waals surface area contributed by atoms with Gasteiger partial charge in [-0.2, -0.15) is 0 Å². The van der Waals surface area contributed by atoms with Crippen LogP contribution in [0.3, 0.4) is 0 Å². The molecule has 0 spiro atoms. The summed E-state index contributed by atoms with van der Waals surface area (Å²) < 4.78 is 7.60. The van der Waals surface area contributed by atoms with E-state index in [1.807, 2.05) is 42.8 Å². The summed E-state index contributed by atoms with van der Waals surface area (Å²) in [6.45, 7) is 6.82. The normalized spacial score (nSPS) is 11.0. The van der Waals surface area contributed by atoms with E-state index in [2.05, 4.69) is 18.8 Å². The number of nitrogens with two attached hydrogens (primary N) is 1. The fraction of sp³-hybridized carbons (Fsp3) is 0.400. The second-order valence-electron chi connectivity index (χ2n) is 4.85. The zero-order valence-corrected chi connectivity index (χ0v) is 12.0. The van der Waals surface area contributed by atoms with Crippen LogP contribution in [0, 0.1) is 0 Å². The quantitative estimate of drug-likeness (QED) is 0.917. The molecule has 19 heavy (non-hydrogen) atoms. The molecule has 1 aromatic heterocycles. The zero-order valence-electron chi connectivity index (χ0n) is 12.0. The standard InChI is InChI=1S/C15H21N3O/c1-5-19-12-9-7-6-8-11(12)13-14(16)18(4)15(17-13)10(2)3/h6-10H,5,16H2,1-4H3. The van der Waals surface area contributed by atoms with Crippen molar-refractivity contribution in [3.8, 4) is 17.0 Å². The van der Waals surface area contributed by atoms with Crippen LogP contribution < -0.4 is 10.5 Å². The summed E-state index contributed by atoms with van der Waals surface area (Å²) in [7, 11) is 1.95. The van der Waals surface area contributed by atoms with Gasteiger partial charge in [0.25, 0.3) is 0 Å². The first-order chi connectivity index (χ1) is 9.06. The van der Waals surface area contributed by atoms with Gasteiger partial charge in [-0.15, -0.1) is 0 Å². The van der Waals surface area contributed by atoms with Gasteiger partial charge in [0.05, 0.1) is 6.61 Å². The van der Waals surface area contributed by atoms with Crippen LogP contribution in [-0.2, 0) is 7.05 Å². The summed E-state index contributed by atoms with van der Waals surface area (Å²) in [4.78, 5) is 4.68. The Hall–Kier alpha value is -1.97. The Labute approximate surface area is 114 Å². The number of ether oxygens (including phenoxy) is 1. The molecule has 0 saturated heterocycles. The van der Waals surface area contributed by atoms with E-state index in [4.69, 9.17) is 10.5 Å². The van der Waals surface area contributed by atoms with Gasteiger partial charge in [-0.3, -0.25) is 0 Å². The highest BCUT2D eigenvalue weighted by molar-refractivity contribution is 5.76. The van der Waals surface area contributed by atoms with Gasteiger partial charge in [0.1, 0.15) is 23.1 Å². The van der Waals surface area contributed by atoms with Crippen LogP contribution in [0.4, 0.5) is 5.82 Å². The van der Waals surface area contributed by atoms with E-state index < -0.39 is 0 Å². The average molecular weight is 259 g/mol. The van der Waals surface area contributed by atoms with Crippen LogP contribution in [0.15, 0.2) is 24.3 Å². The molecule has 0 aliphatic heterocycles. The van der Waals surface area contributed by atoms with Gasteiger partial charge in [-0.25, -0.2) is 4.98 Å². The Bertz CT molecular complexity index is 573. The zero-order chi connectivity index (χ0) is 14.0. The molecule has 0 radical (unpaired) electrons. The summed E-state index contributed by atoms with van der Waals surface area (Å²) in [5.74, 6) is 2.82. The van der Waals surface area contributed by atoms with Crippen LogP contribution in [0.5, 0.6) is 5.75 Å². The lowest BCUT2D eigenvalue weighted by Crippen LogP contribution is -2.03. The maximum atomic E-state index is 6.18. The molecule has 4 nitrogen and oxygen atoms in total. The Morgan fingerprint density at radius 2 is 2.00 bits per heavy atom. The molecule has 2 rings (SSSR count). The first-order valence-electron chi connectivity index (χ1n) is 6.60. The second-order valence-corrected chi connectivity index (χ2v) is 4.85. The number of hydrogen-bond acceptors (Lipinski definition) is 3. The molecule has 0 aliphatic rings. The molecule has 0 fully saturated rings. The van der Waals surface area contributed by atoms with Crippen molar-refractivity contribution in [2.75, 3.05) is 12.3 Å². The van der Waals surface area contributed by atoms with Gasteiger partial charge >= 0.3 is 0 Å². The molecule has 0 bridgehead atoms. The molecule has 0 atom stereocenters. The molecule has 2 N–H and O–H groups in total. The molecule has 102 valence electrons. The van der Waals surface area contributed by atoms with Gasteiger partial charge in [0.15, 0.2) is 0 Å². The summed E-state index contributed by atoms with van der Waals surface area (Å²) in [5, 5.41) is 0. The fourth-order valence-corrected chi connectivity index (χ4v) is 2.19. The third kappa shape index (κ3) is 2.43. The summed E-state index contributed by atoms with van der Waals surface area (Å²) in [6, 6.07) is 7.87. The molecular formula is C15H21N3O. The smallest absolute Gasteiger partial charge is 0.131 e. The van der Waals surface area contributed by atoms with Gasteiger partial charge < -0.3 is 15.0 Å². The maximum Gasteiger partial charge on any atom is 0.131 e. The van der Waals surface area contributed by atoms with Crippen LogP contribution in [0.2, 0.25) is 0 Å².